The van der Waals surface area contributed by atoms with Crippen LogP contribution in [0.5, 0.6) is 5.75 Å². The first-order valence-corrected chi connectivity index (χ1v) is 7.33. The number of carbonyl (C=O) groups excluding carboxylic acids is 1. The summed E-state index contributed by atoms with van der Waals surface area (Å²) in [5.74, 6) is 1.43. The first kappa shape index (κ1) is 16.7. The lowest BCUT2D eigenvalue weighted by Crippen LogP contribution is -2.22. The van der Waals surface area contributed by atoms with Crippen molar-refractivity contribution >= 4 is 17.5 Å². The molecule has 0 spiro atoms. The van der Waals surface area contributed by atoms with Gasteiger partial charge in [-0.15, -0.1) is 10.2 Å². The molecule has 0 radical (unpaired) electrons. The van der Waals surface area contributed by atoms with Gasteiger partial charge in [0.1, 0.15) is 11.6 Å². The van der Waals surface area contributed by atoms with Crippen molar-refractivity contribution in [3.8, 4) is 5.75 Å². The van der Waals surface area contributed by atoms with Crippen LogP contribution in [0.4, 0.5) is 11.6 Å². The number of rotatable bonds is 8. The molecule has 0 fully saturated rings. The Hall–Kier alpha value is -2.67. The van der Waals surface area contributed by atoms with E-state index in [1.807, 2.05) is 32.3 Å². The van der Waals surface area contributed by atoms with Gasteiger partial charge in [-0.1, -0.05) is 18.2 Å². The van der Waals surface area contributed by atoms with E-state index in [0.717, 1.165) is 13.1 Å². The van der Waals surface area contributed by atoms with E-state index in [1.165, 1.54) is 0 Å². The van der Waals surface area contributed by atoms with E-state index in [1.54, 1.807) is 24.3 Å². The maximum atomic E-state index is 11.8. The highest BCUT2D eigenvalue weighted by Gasteiger charge is 2.05. The summed E-state index contributed by atoms with van der Waals surface area (Å²) in [6.45, 7) is 1.60. The number of aromatic nitrogens is 2. The van der Waals surface area contributed by atoms with Crippen molar-refractivity contribution in [3.63, 3.8) is 0 Å². The zero-order valence-electron chi connectivity index (χ0n) is 13.3. The molecule has 122 valence electrons. The van der Waals surface area contributed by atoms with E-state index in [0.29, 0.717) is 17.4 Å². The Labute approximate surface area is 135 Å². The van der Waals surface area contributed by atoms with Gasteiger partial charge >= 0.3 is 0 Å². The van der Waals surface area contributed by atoms with Crippen molar-refractivity contribution in [1.29, 1.82) is 0 Å². The lowest BCUT2D eigenvalue weighted by Gasteiger charge is -2.10. The quantitative estimate of drug-likeness (QED) is 0.768. The predicted molar refractivity (Wildman–Crippen MR) is 89.6 cm³/mol. The fourth-order valence-corrected chi connectivity index (χ4v) is 1.75. The summed E-state index contributed by atoms with van der Waals surface area (Å²) < 4.78 is 5.36. The van der Waals surface area contributed by atoms with Crippen LogP contribution in [-0.2, 0) is 4.79 Å². The summed E-state index contributed by atoms with van der Waals surface area (Å²) in [6.07, 6.45) is 0. The lowest BCUT2D eigenvalue weighted by atomic mass is 10.3. The van der Waals surface area contributed by atoms with Crippen LogP contribution in [0.1, 0.15) is 0 Å². The molecule has 7 heteroatoms. The molecule has 1 heterocycles. The number of hydrogen-bond acceptors (Lipinski definition) is 6. The molecule has 2 N–H and O–H groups in total. The number of carbonyl (C=O) groups is 1. The van der Waals surface area contributed by atoms with Crippen molar-refractivity contribution < 1.29 is 9.53 Å². The summed E-state index contributed by atoms with van der Waals surface area (Å²) >= 11 is 0. The molecule has 0 saturated heterocycles. The highest BCUT2D eigenvalue weighted by atomic mass is 16.5. The minimum Gasteiger partial charge on any atom is -0.484 e. The third-order valence-electron chi connectivity index (χ3n) is 2.91. The van der Waals surface area contributed by atoms with Gasteiger partial charge in [0.25, 0.3) is 5.91 Å². The molecule has 23 heavy (non-hydrogen) atoms. The standard InChI is InChI=1S/C16H21N5O2/c1-21(2)11-10-17-14-8-9-15(20-19-14)18-16(22)12-23-13-6-4-3-5-7-13/h3-9H,10-12H2,1-2H3,(H,17,19)(H,18,20,22). The number of para-hydroxylation sites is 1. The number of benzene rings is 1. The number of ether oxygens (including phenoxy) is 1. The van der Waals surface area contributed by atoms with Gasteiger partial charge < -0.3 is 20.3 Å². The minimum absolute atomic E-state index is 0.0749. The average molecular weight is 315 g/mol. The third-order valence-corrected chi connectivity index (χ3v) is 2.91. The van der Waals surface area contributed by atoms with E-state index >= 15 is 0 Å². The zero-order valence-corrected chi connectivity index (χ0v) is 13.3. The minimum atomic E-state index is -0.281. The van der Waals surface area contributed by atoms with Gasteiger partial charge in [-0.25, -0.2) is 0 Å². The Morgan fingerprint density at radius 3 is 2.43 bits per heavy atom. The van der Waals surface area contributed by atoms with Crippen molar-refractivity contribution in [1.82, 2.24) is 15.1 Å². The number of anilines is 2. The first-order valence-electron chi connectivity index (χ1n) is 7.33. The number of hydrogen-bond donors (Lipinski definition) is 2. The van der Waals surface area contributed by atoms with Gasteiger partial charge in [-0.3, -0.25) is 4.79 Å². The molecule has 0 unspecified atom stereocenters. The summed E-state index contributed by atoms with van der Waals surface area (Å²) in [7, 11) is 4.01. The van der Waals surface area contributed by atoms with Crippen molar-refractivity contribution in [2.24, 2.45) is 0 Å². The Kier molecular flexibility index (Phi) is 6.31. The van der Waals surface area contributed by atoms with Crippen molar-refractivity contribution in [2.45, 2.75) is 0 Å². The Morgan fingerprint density at radius 2 is 1.78 bits per heavy atom. The SMILES string of the molecule is CN(C)CCNc1ccc(NC(=O)COc2ccccc2)nn1. The molecule has 0 atom stereocenters. The van der Waals surface area contributed by atoms with E-state index < -0.39 is 0 Å². The normalized spacial score (nSPS) is 10.4. The number of nitrogens with one attached hydrogen (secondary N) is 2. The summed E-state index contributed by atoms with van der Waals surface area (Å²) in [4.78, 5) is 13.9. The van der Waals surface area contributed by atoms with Gasteiger partial charge in [-0.05, 0) is 38.4 Å². The molecule has 1 aromatic carbocycles. The molecule has 1 amide bonds. The Balaban J connectivity index is 1.75. The number of likely N-dealkylation sites (N-methyl/N-ethyl adjacent to an activating group) is 1. The maximum absolute atomic E-state index is 11.8. The second-order valence-electron chi connectivity index (χ2n) is 5.18. The zero-order chi connectivity index (χ0) is 16.5. The van der Waals surface area contributed by atoms with E-state index in [-0.39, 0.29) is 12.5 Å². The van der Waals surface area contributed by atoms with E-state index in [9.17, 15) is 4.79 Å². The van der Waals surface area contributed by atoms with Gasteiger partial charge in [0.15, 0.2) is 12.4 Å². The van der Waals surface area contributed by atoms with Crippen LogP contribution >= 0.6 is 0 Å². The molecule has 2 rings (SSSR count). The van der Waals surface area contributed by atoms with Gasteiger partial charge in [0.2, 0.25) is 0 Å². The van der Waals surface area contributed by atoms with Crippen LogP contribution in [0.25, 0.3) is 0 Å². The molecule has 0 bridgehead atoms. The smallest absolute Gasteiger partial charge is 0.263 e. The van der Waals surface area contributed by atoms with E-state index in [2.05, 4.69) is 25.7 Å². The van der Waals surface area contributed by atoms with Gasteiger partial charge in [0.05, 0.1) is 0 Å². The molecular weight excluding hydrogens is 294 g/mol. The van der Waals surface area contributed by atoms with Gasteiger partial charge in [0, 0.05) is 13.1 Å². The molecule has 7 nitrogen and oxygen atoms in total. The van der Waals surface area contributed by atoms with Crippen LogP contribution in [0.3, 0.4) is 0 Å². The molecule has 1 aromatic heterocycles. The molecular formula is C16H21N5O2. The lowest BCUT2D eigenvalue weighted by molar-refractivity contribution is -0.118. The van der Waals surface area contributed by atoms with Crippen molar-refractivity contribution in [3.05, 3.63) is 42.5 Å². The molecule has 0 saturated carbocycles. The molecule has 2 aromatic rings. The van der Waals surface area contributed by atoms with Gasteiger partial charge in [-0.2, -0.15) is 0 Å². The third kappa shape index (κ3) is 6.31. The molecule has 0 aliphatic rings. The fourth-order valence-electron chi connectivity index (χ4n) is 1.75. The van der Waals surface area contributed by atoms with Crippen molar-refractivity contribution in [2.75, 3.05) is 44.4 Å². The summed E-state index contributed by atoms with van der Waals surface area (Å²) in [6, 6.07) is 12.6. The van der Waals surface area contributed by atoms with Crippen LogP contribution in [0, 0.1) is 0 Å². The Morgan fingerprint density at radius 1 is 1.09 bits per heavy atom. The monoisotopic (exact) mass is 315 g/mol. The first-order chi connectivity index (χ1) is 11.1. The fraction of sp³-hybridized carbons (Fsp3) is 0.312. The summed E-state index contributed by atoms with van der Waals surface area (Å²) in [5.41, 5.74) is 0. The van der Waals surface area contributed by atoms with Crippen LogP contribution < -0.4 is 15.4 Å². The Bertz CT molecular complexity index is 602. The topological polar surface area (TPSA) is 79.4 Å². The van der Waals surface area contributed by atoms with Crippen LogP contribution in [0.15, 0.2) is 42.5 Å². The second-order valence-corrected chi connectivity index (χ2v) is 5.18. The van der Waals surface area contributed by atoms with Crippen LogP contribution in [-0.4, -0.2) is 54.8 Å². The second kappa shape index (κ2) is 8.70. The molecule has 0 aliphatic heterocycles. The number of amides is 1. The molecule has 0 aliphatic carbocycles. The largest absolute Gasteiger partial charge is 0.484 e. The van der Waals surface area contributed by atoms with E-state index in [4.69, 9.17) is 4.74 Å². The van der Waals surface area contributed by atoms with Crippen LogP contribution in [0.2, 0.25) is 0 Å². The highest BCUT2D eigenvalue weighted by molar-refractivity contribution is 5.90. The maximum Gasteiger partial charge on any atom is 0.263 e. The summed E-state index contributed by atoms with van der Waals surface area (Å²) in [5, 5.41) is 13.8. The highest BCUT2D eigenvalue weighted by Crippen LogP contribution is 2.09. The average Bonchev–Trinajstić information content (AvgIpc) is 2.55. The predicted octanol–water partition coefficient (Wildman–Crippen LogP) is 1.47. The number of nitrogens with zero attached hydrogens (tertiary/aromatic N) is 3.